The van der Waals surface area contributed by atoms with Gasteiger partial charge in [0.05, 0.1) is 25.0 Å². The Morgan fingerprint density at radius 1 is 0.705 bits per heavy atom. The first-order chi connectivity index (χ1) is 21.6. The maximum atomic E-state index is 5.28. The van der Waals surface area contributed by atoms with E-state index in [-0.39, 0.29) is 0 Å². The smallest absolute Gasteiger partial charge is 0.0967 e. The second-order valence-electron chi connectivity index (χ2n) is 12.2. The van der Waals surface area contributed by atoms with E-state index >= 15 is 0 Å². The van der Waals surface area contributed by atoms with Crippen LogP contribution >= 0.6 is 0 Å². The Labute approximate surface area is 265 Å². The Kier molecular flexibility index (Phi) is 13.5. The first kappa shape index (κ1) is 33.4. The molecule has 0 aliphatic heterocycles. The highest BCUT2D eigenvalue weighted by Crippen LogP contribution is 2.36. The standard InChI is InChI=1S/C28H32N4.C11H21N/c1-3-5-15-31(16-6-4-2)19-25-20-32(30-29-25)18-24-17-23-11-7-9-21-13-14-22-10-8-12-26(24)28(22)27(21)23;1-4-7-10-12(9-6-3)11-8-5-2/h7-14,17,20H,3-6,15-16,18-19H2,1-2H3;3H,4-5,7-11H2,1-2H3. The van der Waals surface area contributed by atoms with Crippen LogP contribution in [0.25, 0.3) is 32.3 Å². The molecule has 1 aromatic heterocycles. The van der Waals surface area contributed by atoms with Gasteiger partial charge < -0.3 is 0 Å². The molecule has 0 unspecified atom stereocenters. The van der Waals surface area contributed by atoms with Crippen molar-refractivity contribution in [3.05, 3.63) is 72.1 Å². The van der Waals surface area contributed by atoms with E-state index in [1.54, 1.807) is 0 Å². The fourth-order valence-electron chi connectivity index (χ4n) is 6.06. The van der Waals surface area contributed by atoms with Crippen LogP contribution in [-0.2, 0) is 13.1 Å². The van der Waals surface area contributed by atoms with Crippen LogP contribution in [0, 0.1) is 12.3 Å². The van der Waals surface area contributed by atoms with Crippen molar-refractivity contribution in [3.63, 3.8) is 0 Å². The van der Waals surface area contributed by atoms with E-state index in [4.69, 9.17) is 6.42 Å². The molecule has 5 heteroatoms. The van der Waals surface area contributed by atoms with Crippen LogP contribution in [0.15, 0.2) is 60.8 Å². The summed E-state index contributed by atoms with van der Waals surface area (Å²) in [6.45, 7) is 16.0. The van der Waals surface area contributed by atoms with Crippen LogP contribution in [0.3, 0.4) is 0 Å². The van der Waals surface area contributed by atoms with Gasteiger partial charge in [0.25, 0.3) is 0 Å². The second kappa shape index (κ2) is 17.7. The highest BCUT2D eigenvalue weighted by Gasteiger charge is 2.13. The number of unbranched alkanes of at least 4 members (excludes halogenated alkanes) is 4. The van der Waals surface area contributed by atoms with Crippen molar-refractivity contribution < 1.29 is 0 Å². The number of rotatable bonds is 17. The summed E-state index contributed by atoms with van der Waals surface area (Å²) in [7, 11) is 0. The third-order valence-corrected chi connectivity index (χ3v) is 8.52. The summed E-state index contributed by atoms with van der Waals surface area (Å²) in [4.78, 5) is 4.89. The average Bonchev–Trinajstić information content (AvgIpc) is 3.49. The molecule has 4 aromatic carbocycles. The molecule has 234 valence electrons. The van der Waals surface area contributed by atoms with Crippen LogP contribution in [0.4, 0.5) is 0 Å². The van der Waals surface area contributed by atoms with Crippen molar-refractivity contribution in [1.29, 1.82) is 0 Å². The molecule has 0 aliphatic rings. The Bertz CT molecular complexity index is 1560. The Hall–Kier alpha value is -3.46. The average molecular weight is 592 g/mol. The molecular formula is C39H53N5. The largest absolute Gasteiger partial charge is 0.297 e. The van der Waals surface area contributed by atoms with Gasteiger partial charge in [-0.15, -0.1) is 11.5 Å². The van der Waals surface area contributed by atoms with Gasteiger partial charge in [-0.05, 0) is 95.8 Å². The van der Waals surface area contributed by atoms with Gasteiger partial charge in [0, 0.05) is 6.54 Å². The molecule has 0 saturated carbocycles. The highest BCUT2D eigenvalue weighted by molar-refractivity contribution is 6.23. The minimum atomic E-state index is 0.737. The lowest BCUT2D eigenvalue weighted by atomic mass is 9.91. The summed E-state index contributed by atoms with van der Waals surface area (Å²) in [5, 5.41) is 17.0. The summed E-state index contributed by atoms with van der Waals surface area (Å²) in [6.07, 6.45) is 17.4. The van der Waals surface area contributed by atoms with Crippen molar-refractivity contribution in [3.8, 4) is 12.3 Å². The van der Waals surface area contributed by atoms with Crippen molar-refractivity contribution >= 4 is 32.3 Å². The Morgan fingerprint density at radius 3 is 1.89 bits per heavy atom. The van der Waals surface area contributed by atoms with Crippen molar-refractivity contribution in [2.75, 3.05) is 32.7 Å². The van der Waals surface area contributed by atoms with Crippen LogP contribution in [0.2, 0.25) is 0 Å². The van der Waals surface area contributed by atoms with E-state index in [0.717, 1.165) is 38.4 Å². The van der Waals surface area contributed by atoms with E-state index in [2.05, 4.69) is 115 Å². The normalized spacial score (nSPS) is 11.6. The number of hydrogen-bond acceptors (Lipinski definition) is 4. The van der Waals surface area contributed by atoms with Gasteiger partial charge in [-0.2, -0.15) is 0 Å². The summed E-state index contributed by atoms with van der Waals surface area (Å²) in [6, 6.07) is 20.0. The third-order valence-electron chi connectivity index (χ3n) is 8.52. The van der Waals surface area contributed by atoms with Gasteiger partial charge in [0.1, 0.15) is 0 Å². The van der Waals surface area contributed by atoms with E-state index in [1.807, 2.05) is 4.68 Å². The van der Waals surface area contributed by atoms with Crippen molar-refractivity contribution in [1.82, 2.24) is 24.8 Å². The maximum Gasteiger partial charge on any atom is 0.0967 e. The summed E-state index contributed by atoms with van der Waals surface area (Å²) in [5.74, 6) is 2.71. The van der Waals surface area contributed by atoms with Gasteiger partial charge in [-0.3, -0.25) is 9.80 Å². The van der Waals surface area contributed by atoms with Gasteiger partial charge in [-0.25, -0.2) is 4.68 Å². The predicted molar refractivity (Wildman–Crippen MR) is 189 cm³/mol. The van der Waals surface area contributed by atoms with Crippen LogP contribution in [0.5, 0.6) is 0 Å². The first-order valence-corrected chi connectivity index (χ1v) is 17.0. The third kappa shape index (κ3) is 9.03. The van der Waals surface area contributed by atoms with Crippen molar-refractivity contribution in [2.24, 2.45) is 0 Å². The topological polar surface area (TPSA) is 37.2 Å². The molecule has 1 heterocycles. The molecule has 0 atom stereocenters. The van der Waals surface area contributed by atoms with Crippen LogP contribution in [0.1, 0.15) is 90.3 Å². The molecule has 0 amide bonds. The quantitative estimate of drug-likeness (QED) is 0.0798. The predicted octanol–water partition coefficient (Wildman–Crippen LogP) is 9.15. The highest BCUT2D eigenvalue weighted by atomic mass is 15.4. The monoisotopic (exact) mass is 591 g/mol. The van der Waals surface area contributed by atoms with Crippen molar-refractivity contribution in [2.45, 2.75) is 92.2 Å². The molecular weight excluding hydrogens is 538 g/mol. The number of hydrogen-bond donors (Lipinski definition) is 0. The number of benzene rings is 4. The molecule has 44 heavy (non-hydrogen) atoms. The molecule has 0 aliphatic carbocycles. The SMILES string of the molecule is C#CCN(CCCC)CCCC.CCCCN(CCCC)Cc1cn(Cc2cc3cccc4ccc5cccc2c5c43)nn1. The maximum absolute atomic E-state index is 5.28. The minimum absolute atomic E-state index is 0.737. The Balaban J connectivity index is 0.000000314. The molecule has 0 spiro atoms. The molecule has 0 bridgehead atoms. The van der Waals surface area contributed by atoms with Crippen LogP contribution < -0.4 is 0 Å². The van der Waals surface area contributed by atoms with Gasteiger partial charge >= 0.3 is 0 Å². The van der Waals surface area contributed by atoms with E-state index in [9.17, 15) is 0 Å². The molecule has 5 aromatic rings. The van der Waals surface area contributed by atoms with E-state index in [0.29, 0.717) is 0 Å². The fourth-order valence-corrected chi connectivity index (χ4v) is 6.06. The van der Waals surface area contributed by atoms with Gasteiger partial charge in [0.15, 0.2) is 0 Å². The minimum Gasteiger partial charge on any atom is -0.297 e. The Morgan fingerprint density at radius 2 is 1.27 bits per heavy atom. The first-order valence-electron chi connectivity index (χ1n) is 17.0. The second-order valence-corrected chi connectivity index (χ2v) is 12.2. The summed E-state index contributed by atoms with van der Waals surface area (Å²) in [5.41, 5.74) is 2.36. The number of terminal acetylenes is 1. The molecule has 0 saturated heterocycles. The zero-order valence-electron chi connectivity index (χ0n) is 27.7. The lowest BCUT2D eigenvalue weighted by molar-refractivity contribution is 0.254. The van der Waals surface area contributed by atoms with Gasteiger partial charge in [0.2, 0.25) is 0 Å². The molecule has 5 nitrogen and oxygen atoms in total. The van der Waals surface area contributed by atoms with Gasteiger partial charge in [-0.1, -0.05) is 113 Å². The van der Waals surface area contributed by atoms with Crippen LogP contribution in [-0.4, -0.2) is 57.5 Å². The molecule has 0 radical (unpaired) electrons. The molecule has 5 rings (SSSR count). The number of nitrogens with zero attached hydrogens (tertiary/aromatic N) is 5. The fraction of sp³-hybridized carbons (Fsp3) is 0.487. The zero-order valence-corrected chi connectivity index (χ0v) is 27.7. The number of aromatic nitrogens is 3. The van der Waals surface area contributed by atoms with E-state index < -0.39 is 0 Å². The van der Waals surface area contributed by atoms with E-state index in [1.165, 1.54) is 102 Å². The summed E-state index contributed by atoms with van der Waals surface area (Å²) >= 11 is 0. The lowest BCUT2D eigenvalue weighted by Gasteiger charge is -2.20. The summed E-state index contributed by atoms with van der Waals surface area (Å²) < 4.78 is 2.01. The molecule has 0 fully saturated rings. The lowest BCUT2D eigenvalue weighted by Crippen LogP contribution is -2.26. The molecule has 0 N–H and O–H groups in total. The zero-order chi connectivity index (χ0) is 31.1.